The van der Waals surface area contributed by atoms with Crippen LogP contribution in [0.15, 0.2) is 24.3 Å². The number of rotatable bonds is 3. The molecule has 3 aromatic rings. The maximum absolute atomic E-state index is 12.8. The van der Waals surface area contributed by atoms with Crippen molar-refractivity contribution in [3.63, 3.8) is 0 Å². The van der Waals surface area contributed by atoms with Crippen molar-refractivity contribution < 1.29 is 4.79 Å². The van der Waals surface area contributed by atoms with Gasteiger partial charge in [-0.05, 0) is 24.6 Å². The van der Waals surface area contributed by atoms with Gasteiger partial charge in [0.25, 0.3) is 5.91 Å². The monoisotopic (exact) mass is 370 g/mol. The van der Waals surface area contributed by atoms with Gasteiger partial charge in [0, 0.05) is 37.8 Å². The van der Waals surface area contributed by atoms with E-state index in [4.69, 9.17) is 0 Å². The van der Waals surface area contributed by atoms with Crippen LogP contribution in [0.2, 0.25) is 0 Å². The third-order valence-corrected chi connectivity index (χ3v) is 5.53. The second-order valence-corrected chi connectivity index (χ2v) is 7.89. The molecule has 0 aliphatic carbocycles. The number of fused-ring (bicyclic) bond motifs is 1. The number of amides is 1. The third kappa shape index (κ3) is 3.05. The standard InChI is InChI=1S/C18H22N6OS/c1-12(2)15-19-20-18-24(15)21-16(26-18)17(25)23-9-7-22(8-10-23)14-6-4-5-13(3)11-14/h4-6,11-12H,7-10H2,1-3H3. The number of piperazine rings is 1. The summed E-state index contributed by atoms with van der Waals surface area (Å²) in [5, 5.41) is 13.2. The average Bonchev–Trinajstić information content (AvgIpc) is 3.21. The van der Waals surface area contributed by atoms with Crippen LogP contribution in [0, 0.1) is 6.92 Å². The Labute approximate surface area is 156 Å². The van der Waals surface area contributed by atoms with Crippen LogP contribution in [0.4, 0.5) is 5.69 Å². The third-order valence-electron chi connectivity index (χ3n) is 4.65. The number of nitrogens with zero attached hydrogens (tertiary/aromatic N) is 6. The molecule has 8 heteroatoms. The molecule has 1 amide bonds. The molecule has 136 valence electrons. The normalized spacial score (nSPS) is 15.2. The first kappa shape index (κ1) is 17.0. The molecule has 0 saturated carbocycles. The number of benzene rings is 1. The van der Waals surface area contributed by atoms with E-state index in [1.165, 1.54) is 22.6 Å². The number of aryl methyl sites for hydroxylation is 1. The predicted octanol–water partition coefficient (Wildman–Crippen LogP) is 2.58. The second-order valence-electron chi connectivity index (χ2n) is 6.93. The summed E-state index contributed by atoms with van der Waals surface area (Å²) in [6, 6.07) is 8.49. The zero-order valence-corrected chi connectivity index (χ0v) is 16.0. The molecule has 1 saturated heterocycles. The summed E-state index contributed by atoms with van der Waals surface area (Å²) in [4.78, 5) is 17.7. The zero-order valence-electron chi connectivity index (χ0n) is 15.2. The van der Waals surface area contributed by atoms with Crippen molar-refractivity contribution in [2.75, 3.05) is 31.1 Å². The Kier molecular flexibility index (Phi) is 4.36. The minimum Gasteiger partial charge on any atom is -0.368 e. The Morgan fingerprint density at radius 3 is 2.62 bits per heavy atom. The summed E-state index contributed by atoms with van der Waals surface area (Å²) in [5.41, 5.74) is 2.47. The second kappa shape index (κ2) is 6.68. The van der Waals surface area contributed by atoms with E-state index in [1.54, 1.807) is 4.52 Å². The van der Waals surface area contributed by atoms with E-state index >= 15 is 0 Å². The van der Waals surface area contributed by atoms with Crippen LogP contribution in [0.1, 0.15) is 41.0 Å². The fourth-order valence-electron chi connectivity index (χ4n) is 3.21. The molecule has 3 heterocycles. The van der Waals surface area contributed by atoms with E-state index in [9.17, 15) is 4.79 Å². The van der Waals surface area contributed by atoms with E-state index in [2.05, 4.69) is 51.4 Å². The summed E-state index contributed by atoms with van der Waals surface area (Å²) >= 11 is 1.31. The van der Waals surface area contributed by atoms with E-state index in [0.717, 1.165) is 18.9 Å². The average molecular weight is 370 g/mol. The zero-order chi connectivity index (χ0) is 18.3. The highest BCUT2D eigenvalue weighted by Gasteiger charge is 2.26. The van der Waals surface area contributed by atoms with Crippen molar-refractivity contribution in [3.8, 4) is 0 Å². The Hall–Kier alpha value is -2.48. The fraction of sp³-hybridized carbons (Fsp3) is 0.444. The molecule has 0 atom stereocenters. The number of anilines is 1. The Morgan fingerprint density at radius 2 is 1.92 bits per heavy atom. The van der Waals surface area contributed by atoms with Crippen LogP contribution >= 0.6 is 11.3 Å². The van der Waals surface area contributed by atoms with E-state index in [0.29, 0.717) is 23.1 Å². The van der Waals surface area contributed by atoms with Gasteiger partial charge in [0.15, 0.2) is 5.82 Å². The number of carbonyl (C=O) groups is 1. The first-order chi connectivity index (χ1) is 12.5. The van der Waals surface area contributed by atoms with Crippen molar-refractivity contribution in [2.24, 2.45) is 0 Å². The molecule has 0 radical (unpaired) electrons. The highest BCUT2D eigenvalue weighted by atomic mass is 32.1. The van der Waals surface area contributed by atoms with Gasteiger partial charge in [0.1, 0.15) is 0 Å². The van der Waals surface area contributed by atoms with Gasteiger partial charge in [-0.1, -0.05) is 37.3 Å². The van der Waals surface area contributed by atoms with Crippen LogP contribution in [-0.4, -0.2) is 56.8 Å². The van der Waals surface area contributed by atoms with Gasteiger partial charge in [-0.2, -0.15) is 4.52 Å². The Balaban J connectivity index is 1.47. The van der Waals surface area contributed by atoms with Crippen LogP contribution < -0.4 is 4.90 Å². The minimum atomic E-state index is -0.0147. The summed E-state index contributed by atoms with van der Waals surface area (Å²) in [6.07, 6.45) is 0. The van der Waals surface area contributed by atoms with E-state index in [-0.39, 0.29) is 11.8 Å². The summed E-state index contributed by atoms with van der Waals surface area (Å²) < 4.78 is 1.70. The van der Waals surface area contributed by atoms with Crippen molar-refractivity contribution >= 4 is 27.9 Å². The van der Waals surface area contributed by atoms with Crippen molar-refractivity contribution in [1.82, 2.24) is 24.7 Å². The Morgan fingerprint density at radius 1 is 1.15 bits per heavy atom. The lowest BCUT2D eigenvalue weighted by Crippen LogP contribution is -2.48. The van der Waals surface area contributed by atoms with Gasteiger partial charge in [0.2, 0.25) is 9.97 Å². The molecule has 1 aliphatic rings. The molecule has 1 fully saturated rings. The van der Waals surface area contributed by atoms with Crippen molar-refractivity contribution in [3.05, 3.63) is 40.7 Å². The predicted molar refractivity (Wildman–Crippen MR) is 102 cm³/mol. The molecule has 0 spiro atoms. The van der Waals surface area contributed by atoms with Gasteiger partial charge in [-0.15, -0.1) is 15.3 Å². The first-order valence-electron chi connectivity index (χ1n) is 8.86. The lowest BCUT2D eigenvalue weighted by Gasteiger charge is -2.35. The minimum absolute atomic E-state index is 0.0147. The quantitative estimate of drug-likeness (QED) is 0.709. The van der Waals surface area contributed by atoms with Gasteiger partial charge in [-0.25, -0.2) is 0 Å². The molecular weight excluding hydrogens is 348 g/mol. The summed E-state index contributed by atoms with van der Waals surface area (Å²) in [5.74, 6) is 0.992. The SMILES string of the molecule is Cc1cccc(N2CCN(C(=O)c3nn4c(C(C)C)nnc4s3)CC2)c1. The number of aromatic nitrogens is 4. The molecule has 4 rings (SSSR count). The lowest BCUT2D eigenvalue weighted by molar-refractivity contribution is 0.0745. The lowest BCUT2D eigenvalue weighted by atomic mass is 10.2. The largest absolute Gasteiger partial charge is 0.368 e. The molecular formula is C18H22N6OS. The molecule has 26 heavy (non-hydrogen) atoms. The number of hydrogen-bond acceptors (Lipinski definition) is 6. The van der Waals surface area contributed by atoms with Gasteiger partial charge < -0.3 is 9.80 Å². The van der Waals surface area contributed by atoms with Crippen LogP contribution in [-0.2, 0) is 0 Å². The van der Waals surface area contributed by atoms with E-state index in [1.807, 2.05) is 18.7 Å². The summed E-state index contributed by atoms with van der Waals surface area (Å²) in [6.45, 7) is 9.24. The molecule has 0 bridgehead atoms. The van der Waals surface area contributed by atoms with Crippen molar-refractivity contribution in [1.29, 1.82) is 0 Å². The maximum Gasteiger partial charge on any atom is 0.284 e. The number of hydrogen-bond donors (Lipinski definition) is 0. The maximum atomic E-state index is 12.8. The molecule has 0 N–H and O–H groups in total. The smallest absolute Gasteiger partial charge is 0.284 e. The Bertz CT molecular complexity index is 938. The molecule has 2 aromatic heterocycles. The van der Waals surface area contributed by atoms with E-state index < -0.39 is 0 Å². The fourth-order valence-corrected chi connectivity index (χ4v) is 4.02. The van der Waals surface area contributed by atoms with Crippen molar-refractivity contribution in [2.45, 2.75) is 26.7 Å². The summed E-state index contributed by atoms with van der Waals surface area (Å²) in [7, 11) is 0. The number of carbonyl (C=O) groups excluding carboxylic acids is 1. The van der Waals surface area contributed by atoms with Gasteiger partial charge in [-0.3, -0.25) is 4.79 Å². The first-order valence-corrected chi connectivity index (χ1v) is 9.67. The van der Waals surface area contributed by atoms with Gasteiger partial charge in [0.05, 0.1) is 0 Å². The van der Waals surface area contributed by atoms with Crippen LogP contribution in [0.5, 0.6) is 0 Å². The van der Waals surface area contributed by atoms with Crippen LogP contribution in [0.25, 0.3) is 4.96 Å². The highest BCUT2D eigenvalue weighted by molar-refractivity contribution is 7.18. The highest BCUT2D eigenvalue weighted by Crippen LogP contribution is 2.22. The van der Waals surface area contributed by atoms with Crippen LogP contribution in [0.3, 0.4) is 0 Å². The molecule has 1 aromatic carbocycles. The topological polar surface area (TPSA) is 66.6 Å². The molecule has 1 aliphatic heterocycles. The molecule has 7 nitrogen and oxygen atoms in total. The molecule has 0 unspecified atom stereocenters. The van der Waals surface area contributed by atoms with Gasteiger partial charge >= 0.3 is 0 Å².